The van der Waals surface area contributed by atoms with Gasteiger partial charge in [-0.2, -0.15) is 0 Å². The van der Waals surface area contributed by atoms with Crippen LogP contribution >= 0.6 is 0 Å². The summed E-state index contributed by atoms with van der Waals surface area (Å²) < 4.78 is 10.6. The van der Waals surface area contributed by atoms with E-state index in [0.29, 0.717) is 17.9 Å². The van der Waals surface area contributed by atoms with Crippen molar-refractivity contribution in [3.8, 4) is 5.75 Å². The van der Waals surface area contributed by atoms with Gasteiger partial charge in [-0.05, 0) is 37.1 Å². The molecule has 2 aromatic rings. The Morgan fingerprint density at radius 2 is 2.05 bits per heavy atom. The molecular formula is C17H19NO4. The predicted octanol–water partition coefficient (Wildman–Crippen LogP) is 2.86. The molecule has 0 bridgehead atoms. The van der Waals surface area contributed by atoms with Gasteiger partial charge in [0.1, 0.15) is 11.9 Å². The number of aromatic nitrogens is 1. The van der Waals surface area contributed by atoms with Crippen molar-refractivity contribution in [2.45, 2.75) is 26.4 Å². The highest BCUT2D eigenvalue weighted by Crippen LogP contribution is 2.22. The van der Waals surface area contributed by atoms with Crippen LogP contribution in [-0.2, 0) is 11.2 Å². The van der Waals surface area contributed by atoms with Crippen LogP contribution in [0.3, 0.4) is 0 Å². The van der Waals surface area contributed by atoms with Gasteiger partial charge in [0.15, 0.2) is 0 Å². The van der Waals surface area contributed by atoms with Crippen molar-refractivity contribution in [2.24, 2.45) is 0 Å². The summed E-state index contributed by atoms with van der Waals surface area (Å²) in [6.45, 7) is 3.68. The largest absolute Gasteiger partial charge is 0.497 e. The van der Waals surface area contributed by atoms with Gasteiger partial charge in [-0.3, -0.25) is 4.79 Å². The predicted molar refractivity (Wildman–Crippen MR) is 83.3 cm³/mol. The molecule has 0 aliphatic rings. The summed E-state index contributed by atoms with van der Waals surface area (Å²) in [4.78, 5) is 26.4. The number of hydrogen-bond donors (Lipinski definition) is 1. The topological polar surface area (TPSA) is 68.4 Å². The molecule has 0 saturated heterocycles. The summed E-state index contributed by atoms with van der Waals surface area (Å²) in [6, 6.07) is 10.2. The average Bonchev–Trinajstić information content (AvgIpc) is 2.54. The number of esters is 1. The first kappa shape index (κ1) is 15.8. The highest BCUT2D eigenvalue weighted by atomic mass is 16.5. The van der Waals surface area contributed by atoms with Gasteiger partial charge in [0.05, 0.1) is 12.7 Å². The molecule has 0 radical (unpaired) electrons. The first-order valence-corrected chi connectivity index (χ1v) is 7.11. The number of carbonyl (C=O) groups is 1. The molecule has 5 nitrogen and oxygen atoms in total. The number of aryl methyl sites for hydroxylation is 1. The third-order valence-corrected chi connectivity index (χ3v) is 3.36. The highest BCUT2D eigenvalue weighted by Gasteiger charge is 2.15. The van der Waals surface area contributed by atoms with Crippen LogP contribution in [0.25, 0.3) is 0 Å². The molecule has 2 rings (SSSR count). The minimum atomic E-state index is -0.517. The normalized spacial score (nSPS) is 11.8. The second-order valence-corrected chi connectivity index (χ2v) is 4.94. The zero-order valence-corrected chi connectivity index (χ0v) is 12.9. The van der Waals surface area contributed by atoms with Gasteiger partial charge in [0.2, 0.25) is 5.56 Å². The molecule has 1 unspecified atom stereocenters. The summed E-state index contributed by atoms with van der Waals surface area (Å²) in [5.41, 5.74) is 1.48. The van der Waals surface area contributed by atoms with Crippen LogP contribution in [0.1, 0.15) is 41.6 Å². The Morgan fingerprint density at radius 3 is 2.73 bits per heavy atom. The van der Waals surface area contributed by atoms with Crippen LogP contribution < -0.4 is 10.3 Å². The Balaban J connectivity index is 2.17. The number of aromatic amines is 1. The molecule has 116 valence electrons. The fraction of sp³-hybridized carbons (Fsp3) is 0.294. The number of rotatable bonds is 5. The van der Waals surface area contributed by atoms with Crippen molar-refractivity contribution in [3.05, 3.63) is 63.6 Å². The van der Waals surface area contributed by atoms with Crippen molar-refractivity contribution in [1.82, 2.24) is 4.98 Å². The van der Waals surface area contributed by atoms with E-state index in [1.807, 2.05) is 31.2 Å². The third-order valence-electron chi connectivity index (χ3n) is 3.36. The standard InChI is InChI=1S/C17H19NO4/c1-4-14-8-13(10-16(19)18-14)17(20)22-11(2)12-6-5-7-15(9-12)21-3/h5-11H,4H2,1-3H3,(H,18,19). The van der Waals surface area contributed by atoms with Crippen LogP contribution in [-0.4, -0.2) is 18.1 Å². The molecule has 0 aliphatic heterocycles. The minimum Gasteiger partial charge on any atom is -0.497 e. The molecule has 1 atom stereocenters. The Hall–Kier alpha value is -2.56. The molecule has 1 aromatic heterocycles. The molecular weight excluding hydrogens is 282 g/mol. The van der Waals surface area contributed by atoms with Crippen molar-refractivity contribution >= 4 is 5.97 Å². The molecule has 0 fully saturated rings. The zero-order chi connectivity index (χ0) is 16.1. The van der Waals surface area contributed by atoms with Gasteiger partial charge in [0, 0.05) is 11.8 Å². The molecule has 1 aromatic carbocycles. The lowest BCUT2D eigenvalue weighted by Crippen LogP contribution is -2.15. The Kier molecular flexibility index (Phi) is 4.99. The van der Waals surface area contributed by atoms with Crippen molar-refractivity contribution < 1.29 is 14.3 Å². The molecule has 0 amide bonds. The number of pyridine rings is 1. The molecule has 1 N–H and O–H groups in total. The number of hydrogen-bond acceptors (Lipinski definition) is 4. The van der Waals surface area contributed by atoms with Crippen molar-refractivity contribution in [2.75, 3.05) is 7.11 Å². The van der Waals surface area contributed by atoms with E-state index >= 15 is 0 Å². The Bertz CT molecular complexity index is 721. The number of nitrogens with one attached hydrogen (secondary N) is 1. The molecule has 1 heterocycles. The van der Waals surface area contributed by atoms with E-state index < -0.39 is 12.1 Å². The number of methoxy groups -OCH3 is 1. The quantitative estimate of drug-likeness (QED) is 0.862. The summed E-state index contributed by atoms with van der Waals surface area (Å²) >= 11 is 0. The molecule has 0 saturated carbocycles. The van der Waals surface area contributed by atoms with E-state index in [-0.39, 0.29) is 11.1 Å². The van der Waals surface area contributed by atoms with Gasteiger partial charge < -0.3 is 14.5 Å². The fourth-order valence-electron chi connectivity index (χ4n) is 2.10. The second kappa shape index (κ2) is 6.93. The molecule has 22 heavy (non-hydrogen) atoms. The van der Waals surface area contributed by atoms with E-state index in [9.17, 15) is 9.59 Å². The van der Waals surface area contributed by atoms with Crippen LogP contribution in [0.5, 0.6) is 5.75 Å². The number of H-pyrrole nitrogens is 1. The maximum absolute atomic E-state index is 12.2. The van der Waals surface area contributed by atoms with E-state index in [1.54, 1.807) is 20.1 Å². The van der Waals surface area contributed by atoms with Gasteiger partial charge in [-0.15, -0.1) is 0 Å². The number of ether oxygens (including phenoxy) is 2. The first-order valence-electron chi connectivity index (χ1n) is 7.11. The summed E-state index contributed by atoms with van der Waals surface area (Å²) in [5, 5.41) is 0. The SMILES string of the molecule is CCc1cc(C(=O)OC(C)c2cccc(OC)c2)cc(=O)[nH]1. The van der Waals surface area contributed by atoms with E-state index in [0.717, 1.165) is 5.56 Å². The molecule has 0 aliphatic carbocycles. The lowest BCUT2D eigenvalue weighted by Gasteiger charge is -2.14. The van der Waals surface area contributed by atoms with Crippen molar-refractivity contribution in [3.63, 3.8) is 0 Å². The Morgan fingerprint density at radius 1 is 1.27 bits per heavy atom. The van der Waals surface area contributed by atoms with Crippen LogP contribution in [0, 0.1) is 0 Å². The Labute approximate surface area is 128 Å². The summed E-state index contributed by atoms with van der Waals surface area (Å²) in [6.07, 6.45) is 0.203. The van der Waals surface area contributed by atoms with Crippen molar-refractivity contribution in [1.29, 1.82) is 0 Å². The summed E-state index contributed by atoms with van der Waals surface area (Å²) in [7, 11) is 1.58. The van der Waals surface area contributed by atoms with E-state index in [1.165, 1.54) is 6.07 Å². The monoisotopic (exact) mass is 301 g/mol. The average molecular weight is 301 g/mol. The van der Waals surface area contributed by atoms with E-state index in [2.05, 4.69) is 4.98 Å². The first-order chi connectivity index (χ1) is 10.5. The van der Waals surface area contributed by atoms with Gasteiger partial charge in [0.25, 0.3) is 0 Å². The minimum absolute atomic E-state index is 0.260. The maximum Gasteiger partial charge on any atom is 0.338 e. The molecule has 5 heteroatoms. The molecule has 0 spiro atoms. The van der Waals surface area contributed by atoms with Crippen LogP contribution in [0.2, 0.25) is 0 Å². The second-order valence-electron chi connectivity index (χ2n) is 4.94. The van der Waals surface area contributed by atoms with Gasteiger partial charge in [-0.1, -0.05) is 19.1 Å². The maximum atomic E-state index is 12.2. The summed E-state index contributed by atoms with van der Waals surface area (Å²) in [5.74, 6) is 0.181. The lowest BCUT2D eigenvalue weighted by molar-refractivity contribution is 0.0337. The lowest BCUT2D eigenvalue weighted by atomic mass is 10.1. The number of carbonyl (C=O) groups excluding carboxylic acids is 1. The van der Waals surface area contributed by atoms with Gasteiger partial charge >= 0.3 is 5.97 Å². The third kappa shape index (κ3) is 3.75. The smallest absolute Gasteiger partial charge is 0.338 e. The van der Waals surface area contributed by atoms with Crippen LogP contribution in [0.15, 0.2) is 41.2 Å². The number of benzene rings is 1. The fourth-order valence-corrected chi connectivity index (χ4v) is 2.10. The zero-order valence-electron chi connectivity index (χ0n) is 12.9. The van der Waals surface area contributed by atoms with Crippen LogP contribution in [0.4, 0.5) is 0 Å². The van der Waals surface area contributed by atoms with Gasteiger partial charge in [-0.25, -0.2) is 4.79 Å². The highest BCUT2D eigenvalue weighted by molar-refractivity contribution is 5.89. The van der Waals surface area contributed by atoms with E-state index in [4.69, 9.17) is 9.47 Å².